The van der Waals surface area contributed by atoms with Crippen LogP contribution >= 0.6 is 0 Å². The maximum Gasteiger partial charge on any atom is 0.301 e. The fourth-order valence-corrected chi connectivity index (χ4v) is 1.73. The topological polar surface area (TPSA) is 111 Å². The molecule has 1 aromatic carbocycles. The van der Waals surface area contributed by atoms with E-state index in [9.17, 15) is 20.2 Å². The van der Waals surface area contributed by atoms with E-state index in [4.69, 9.17) is 0 Å². The minimum atomic E-state index is -0.672. The van der Waals surface area contributed by atoms with Crippen molar-refractivity contribution in [1.82, 2.24) is 0 Å². The summed E-state index contributed by atoms with van der Waals surface area (Å²) in [6.45, 7) is 6.00. The van der Waals surface area contributed by atoms with Crippen LogP contribution in [0.15, 0.2) is 23.3 Å². The summed E-state index contributed by atoms with van der Waals surface area (Å²) in [4.78, 5) is 20.3. The average molecular weight is 294 g/mol. The van der Waals surface area contributed by atoms with Gasteiger partial charge in [0.15, 0.2) is 0 Å². The van der Waals surface area contributed by atoms with Gasteiger partial charge in [0.2, 0.25) is 0 Å². The van der Waals surface area contributed by atoms with Gasteiger partial charge in [-0.25, -0.2) is 0 Å². The van der Waals surface area contributed by atoms with Crippen LogP contribution in [0.4, 0.5) is 17.1 Å². The number of benzene rings is 1. The first-order valence-electron chi connectivity index (χ1n) is 6.57. The van der Waals surface area contributed by atoms with Crippen LogP contribution in [-0.4, -0.2) is 15.6 Å². The van der Waals surface area contributed by atoms with Crippen LogP contribution in [0.5, 0.6) is 0 Å². The van der Waals surface area contributed by atoms with Crippen LogP contribution in [0, 0.1) is 26.1 Å². The normalized spacial score (nSPS) is 12.8. The van der Waals surface area contributed by atoms with E-state index < -0.39 is 9.85 Å². The molecule has 0 fully saturated rings. The summed E-state index contributed by atoms with van der Waals surface area (Å²) >= 11 is 0. The molecular weight excluding hydrogens is 276 g/mol. The predicted octanol–water partition coefficient (Wildman–Crippen LogP) is 3.73. The largest absolute Gasteiger partial charge is 0.301 e. The molecule has 0 aliphatic carbocycles. The van der Waals surface area contributed by atoms with Gasteiger partial charge < -0.3 is 0 Å². The molecule has 0 saturated carbocycles. The van der Waals surface area contributed by atoms with Gasteiger partial charge in [-0.05, 0) is 25.3 Å². The zero-order valence-corrected chi connectivity index (χ0v) is 12.2. The molecule has 0 aliphatic rings. The molecule has 1 aromatic rings. The van der Waals surface area contributed by atoms with E-state index in [0.717, 1.165) is 24.6 Å². The van der Waals surface area contributed by atoms with Crippen LogP contribution in [-0.2, 0) is 0 Å². The number of hydrogen-bond acceptors (Lipinski definition) is 6. The van der Waals surface area contributed by atoms with Gasteiger partial charge in [-0.1, -0.05) is 20.3 Å². The fraction of sp³-hybridized carbons (Fsp3) is 0.462. The molecular formula is C13H18N4O4. The number of hydrogen-bond donors (Lipinski definition) is 1. The molecule has 0 saturated heterocycles. The van der Waals surface area contributed by atoms with E-state index in [2.05, 4.69) is 24.4 Å². The standard InChI is InChI=1S/C13H18N4O4/c1-4-9(2)7-10(3)14-15-12-6-5-11(16(18)19)8-13(12)17(20)21/h5-6,8-9,15H,4,7H2,1-3H3. The monoisotopic (exact) mass is 294 g/mol. The van der Waals surface area contributed by atoms with Crippen LogP contribution in [0.2, 0.25) is 0 Å². The van der Waals surface area contributed by atoms with E-state index in [1.807, 2.05) is 6.92 Å². The number of rotatable bonds is 7. The highest BCUT2D eigenvalue weighted by Crippen LogP contribution is 2.28. The van der Waals surface area contributed by atoms with Crippen LogP contribution in [0.1, 0.15) is 33.6 Å². The molecule has 0 radical (unpaired) electrons. The van der Waals surface area contributed by atoms with Gasteiger partial charge in [-0.3, -0.25) is 25.7 Å². The maximum atomic E-state index is 11.0. The lowest BCUT2D eigenvalue weighted by Crippen LogP contribution is -2.05. The number of nitrogens with zero attached hydrogens (tertiary/aromatic N) is 3. The SMILES string of the molecule is CCC(C)CC(C)=NNc1ccc([N+](=O)[O-])cc1[N+](=O)[O-]. The summed E-state index contributed by atoms with van der Waals surface area (Å²) in [5.41, 5.74) is 2.87. The minimum absolute atomic E-state index is 0.133. The molecule has 21 heavy (non-hydrogen) atoms. The molecule has 8 heteroatoms. The molecule has 1 unspecified atom stereocenters. The highest BCUT2D eigenvalue weighted by atomic mass is 16.6. The smallest absolute Gasteiger partial charge is 0.272 e. The zero-order chi connectivity index (χ0) is 16.0. The maximum absolute atomic E-state index is 11.0. The van der Waals surface area contributed by atoms with Crippen molar-refractivity contribution < 1.29 is 9.85 Å². The Kier molecular flexibility index (Phi) is 5.77. The van der Waals surface area contributed by atoms with Gasteiger partial charge in [0, 0.05) is 11.8 Å². The molecule has 0 heterocycles. The number of hydrazone groups is 1. The Hall–Kier alpha value is -2.51. The second-order valence-corrected chi connectivity index (χ2v) is 4.89. The van der Waals surface area contributed by atoms with Crippen molar-refractivity contribution in [3.05, 3.63) is 38.4 Å². The van der Waals surface area contributed by atoms with E-state index in [-0.39, 0.29) is 17.1 Å². The molecule has 114 valence electrons. The third-order valence-electron chi connectivity index (χ3n) is 3.10. The predicted molar refractivity (Wildman–Crippen MR) is 80.6 cm³/mol. The summed E-state index contributed by atoms with van der Waals surface area (Å²) in [6.07, 6.45) is 1.80. The van der Waals surface area contributed by atoms with Crippen molar-refractivity contribution in [2.45, 2.75) is 33.6 Å². The first kappa shape index (κ1) is 16.5. The first-order valence-corrected chi connectivity index (χ1v) is 6.57. The van der Waals surface area contributed by atoms with Crippen molar-refractivity contribution in [3.8, 4) is 0 Å². The Morgan fingerprint density at radius 2 is 2.00 bits per heavy atom. The average Bonchev–Trinajstić information content (AvgIpc) is 2.44. The fourth-order valence-electron chi connectivity index (χ4n) is 1.73. The number of nitrogens with one attached hydrogen (secondary N) is 1. The third kappa shape index (κ3) is 4.83. The number of nitro benzene ring substituents is 2. The van der Waals surface area contributed by atoms with Gasteiger partial charge in [0.25, 0.3) is 5.69 Å². The Bertz CT molecular complexity index is 571. The summed E-state index contributed by atoms with van der Waals surface area (Å²) in [6, 6.07) is 3.41. The second-order valence-electron chi connectivity index (χ2n) is 4.89. The Balaban J connectivity index is 2.95. The van der Waals surface area contributed by atoms with E-state index in [1.54, 1.807) is 0 Å². The molecule has 1 atom stereocenters. The molecule has 8 nitrogen and oxygen atoms in total. The van der Waals surface area contributed by atoms with Crippen LogP contribution < -0.4 is 5.43 Å². The summed E-state index contributed by atoms with van der Waals surface area (Å²) in [5, 5.41) is 25.7. The van der Waals surface area contributed by atoms with Crippen molar-refractivity contribution >= 4 is 22.8 Å². The van der Waals surface area contributed by atoms with E-state index in [1.165, 1.54) is 12.1 Å². The molecule has 0 spiro atoms. The van der Waals surface area contributed by atoms with Crippen molar-refractivity contribution in [3.63, 3.8) is 0 Å². The highest BCUT2D eigenvalue weighted by Gasteiger charge is 2.19. The van der Waals surface area contributed by atoms with Gasteiger partial charge in [0.05, 0.1) is 15.9 Å². The lowest BCUT2D eigenvalue weighted by atomic mass is 10.0. The summed E-state index contributed by atoms with van der Waals surface area (Å²) < 4.78 is 0. The van der Waals surface area contributed by atoms with Crippen molar-refractivity contribution in [1.29, 1.82) is 0 Å². The molecule has 0 amide bonds. The molecule has 1 N–H and O–H groups in total. The molecule has 0 aromatic heterocycles. The number of nitro groups is 2. The van der Waals surface area contributed by atoms with Gasteiger partial charge in [-0.15, -0.1) is 0 Å². The quantitative estimate of drug-likeness (QED) is 0.468. The van der Waals surface area contributed by atoms with Crippen LogP contribution in [0.3, 0.4) is 0 Å². The number of non-ortho nitro benzene ring substituents is 1. The molecule has 0 aliphatic heterocycles. The number of anilines is 1. The lowest BCUT2D eigenvalue weighted by Gasteiger charge is -2.08. The Morgan fingerprint density at radius 1 is 1.33 bits per heavy atom. The van der Waals surface area contributed by atoms with E-state index in [0.29, 0.717) is 5.92 Å². The van der Waals surface area contributed by atoms with Gasteiger partial charge >= 0.3 is 5.69 Å². The third-order valence-corrected chi connectivity index (χ3v) is 3.10. The first-order chi connectivity index (χ1) is 9.85. The molecule has 0 bridgehead atoms. The van der Waals surface area contributed by atoms with Crippen molar-refractivity contribution in [2.75, 3.05) is 5.43 Å². The van der Waals surface area contributed by atoms with Gasteiger partial charge in [-0.2, -0.15) is 5.10 Å². The zero-order valence-electron chi connectivity index (χ0n) is 12.2. The molecule has 1 rings (SSSR count). The van der Waals surface area contributed by atoms with E-state index >= 15 is 0 Å². The summed E-state index contributed by atoms with van der Waals surface area (Å²) in [7, 11) is 0. The van der Waals surface area contributed by atoms with Crippen molar-refractivity contribution in [2.24, 2.45) is 11.0 Å². The highest BCUT2D eigenvalue weighted by molar-refractivity contribution is 5.83. The lowest BCUT2D eigenvalue weighted by molar-refractivity contribution is -0.393. The second kappa shape index (κ2) is 7.32. The van der Waals surface area contributed by atoms with Gasteiger partial charge in [0.1, 0.15) is 5.69 Å². The minimum Gasteiger partial charge on any atom is -0.272 e. The summed E-state index contributed by atoms with van der Waals surface area (Å²) in [5.74, 6) is 0.474. The Morgan fingerprint density at radius 3 is 2.52 bits per heavy atom. The Labute approximate surface area is 122 Å². The van der Waals surface area contributed by atoms with Crippen LogP contribution in [0.25, 0.3) is 0 Å².